The summed E-state index contributed by atoms with van der Waals surface area (Å²) in [6.07, 6.45) is 2.14. The standard InChI is InChI=1S/C13H13BrS/c1-2-11-9-15-12(13(11)14)8-10-6-4-3-5-7-10/h3-7,9H,2,8H2,1H3. The molecule has 0 bridgehead atoms. The van der Waals surface area contributed by atoms with Crippen LogP contribution in [0.15, 0.2) is 40.2 Å². The number of hydrogen-bond acceptors (Lipinski definition) is 1. The number of hydrogen-bond donors (Lipinski definition) is 0. The van der Waals surface area contributed by atoms with Crippen LogP contribution >= 0.6 is 27.3 Å². The second-order valence-electron chi connectivity index (χ2n) is 3.51. The Balaban J connectivity index is 2.21. The summed E-state index contributed by atoms with van der Waals surface area (Å²) < 4.78 is 1.30. The van der Waals surface area contributed by atoms with Crippen LogP contribution in [0.5, 0.6) is 0 Å². The van der Waals surface area contributed by atoms with E-state index in [1.54, 1.807) is 0 Å². The van der Waals surface area contributed by atoms with E-state index in [4.69, 9.17) is 0 Å². The van der Waals surface area contributed by atoms with Crippen LogP contribution in [0.1, 0.15) is 22.9 Å². The summed E-state index contributed by atoms with van der Waals surface area (Å²) in [5, 5.41) is 2.25. The van der Waals surface area contributed by atoms with Gasteiger partial charge in [-0.1, -0.05) is 37.3 Å². The van der Waals surface area contributed by atoms with Crippen LogP contribution in [0.25, 0.3) is 0 Å². The molecular weight excluding hydrogens is 268 g/mol. The van der Waals surface area contributed by atoms with E-state index in [2.05, 4.69) is 58.6 Å². The van der Waals surface area contributed by atoms with Crippen molar-refractivity contribution in [2.24, 2.45) is 0 Å². The lowest BCUT2D eigenvalue weighted by molar-refractivity contribution is 1.13. The molecule has 0 saturated heterocycles. The Kier molecular flexibility index (Phi) is 3.60. The molecule has 0 unspecified atom stereocenters. The minimum atomic E-state index is 1.03. The maximum atomic E-state index is 3.68. The molecule has 0 nitrogen and oxygen atoms in total. The Morgan fingerprint density at radius 1 is 1.20 bits per heavy atom. The SMILES string of the molecule is CCc1csc(Cc2ccccc2)c1Br. The van der Waals surface area contributed by atoms with Gasteiger partial charge < -0.3 is 0 Å². The van der Waals surface area contributed by atoms with Crippen molar-refractivity contribution in [2.75, 3.05) is 0 Å². The van der Waals surface area contributed by atoms with Crippen LogP contribution in [-0.4, -0.2) is 0 Å². The topological polar surface area (TPSA) is 0 Å². The van der Waals surface area contributed by atoms with Gasteiger partial charge in [0.25, 0.3) is 0 Å². The Morgan fingerprint density at radius 2 is 1.93 bits per heavy atom. The van der Waals surface area contributed by atoms with Crippen LogP contribution < -0.4 is 0 Å². The molecule has 78 valence electrons. The van der Waals surface area contributed by atoms with Gasteiger partial charge in [0.05, 0.1) is 0 Å². The van der Waals surface area contributed by atoms with Gasteiger partial charge in [-0.15, -0.1) is 11.3 Å². The minimum Gasteiger partial charge on any atom is -0.147 e. The van der Waals surface area contributed by atoms with E-state index in [-0.39, 0.29) is 0 Å². The molecule has 0 radical (unpaired) electrons. The first-order chi connectivity index (χ1) is 7.31. The Labute approximate surface area is 103 Å². The smallest absolute Gasteiger partial charge is 0.0349 e. The molecule has 1 aromatic carbocycles. The van der Waals surface area contributed by atoms with Crippen LogP contribution in [0.3, 0.4) is 0 Å². The van der Waals surface area contributed by atoms with Crippen molar-refractivity contribution < 1.29 is 0 Å². The summed E-state index contributed by atoms with van der Waals surface area (Å²) in [6.45, 7) is 2.19. The first-order valence-corrected chi connectivity index (χ1v) is 6.77. The summed E-state index contributed by atoms with van der Waals surface area (Å²) in [5.74, 6) is 0. The molecule has 1 aromatic heterocycles. The molecule has 2 aromatic rings. The Bertz CT molecular complexity index is 431. The number of rotatable bonds is 3. The Hall–Kier alpha value is -0.600. The lowest BCUT2D eigenvalue weighted by atomic mass is 10.1. The van der Waals surface area contributed by atoms with Gasteiger partial charge in [-0.05, 0) is 38.9 Å². The Morgan fingerprint density at radius 3 is 2.53 bits per heavy atom. The molecule has 2 rings (SSSR count). The number of thiophene rings is 1. The van der Waals surface area contributed by atoms with Crippen molar-refractivity contribution in [3.63, 3.8) is 0 Å². The molecule has 0 aliphatic rings. The van der Waals surface area contributed by atoms with Gasteiger partial charge in [0.1, 0.15) is 0 Å². The summed E-state index contributed by atoms with van der Waals surface area (Å²) >= 11 is 5.53. The third-order valence-electron chi connectivity index (χ3n) is 2.46. The second-order valence-corrected chi connectivity index (χ2v) is 5.27. The minimum absolute atomic E-state index is 1.03. The molecule has 0 N–H and O–H groups in total. The van der Waals surface area contributed by atoms with Gasteiger partial charge in [0.2, 0.25) is 0 Å². The van der Waals surface area contributed by atoms with Gasteiger partial charge in [-0.25, -0.2) is 0 Å². The van der Waals surface area contributed by atoms with Gasteiger partial charge in [-0.3, -0.25) is 0 Å². The molecule has 0 aliphatic heterocycles. The highest BCUT2D eigenvalue weighted by Gasteiger charge is 2.07. The van der Waals surface area contributed by atoms with Crippen molar-refractivity contribution in [2.45, 2.75) is 19.8 Å². The van der Waals surface area contributed by atoms with Crippen LogP contribution in [-0.2, 0) is 12.8 Å². The van der Waals surface area contributed by atoms with Gasteiger partial charge >= 0.3 is 0 Å². The molecule has 0 atom stereocenters. The van der Waals surface area contributed by atoms with E-state index < -0.39 is 0 Å². The van der Waals surface area contributed by atoms with Crippen molar-refractivity contribution >= 4 is 27.3 Å². The molecule has 2 heteroatoms. The average Bonchev–Trinajstić information content (AvgIpc) is 2.62. The highest BCUT2D eigenvalue weighted by atomic mass is 79.9. The third kappa shape index (κ3) is 2.50. The van der Waals surface area contributed by atoms with Crippen LogP contribution in [0.4, 0.5) is 0 Å². The number of halogens is 1. The molecule has 0 fully saturated rings. The molecule has 0 aliphatic carbocycles. The van der Waals surface area contributed by atoms with Crippen LogP contribution in [0.2, 0.25) is 0 Å². The maximum Gasteiger partial charge on any atom is 0.0349 e. The van der Waals surface area contributed by atoms with Gasteiger partial charge in [-0.2, -0.15) is 0 Å². The lowest BCUT2D eigenvalue weighted by Crippen LogP contribution is -1.85. The highest BCUT2D eigenvalue weighted by Crippen LogP contribution is 2.30. The van der Waals surface area contributed by atoms with E-state index in [0.717, 1.165) is 12.8 Å². The fourth-order valence-corrected chi connectivity index (χ4v) is 3.58. The van der Waals surface area contributed by atoms with Gasteiger partial charge in [0.15, 0.2) is 0 Å². The fraction of sp³-hybridized carbons (Fsp3) is 0.231. The zero-order valence-corrected chi connectivity index (χ0v) is 11.1. The largest absolute Gasteiger partial charge is 0.147 e. The lowest BCUT2D eigenvalue weighted by Gasteiger charge is -2.00. The molecule has 0 spiro atoms. The first kappa shape index (κ1) is 10.9. The molecule has 0 amide bonds. The highest BCUT2D eigenvalue weighted by molar-refractivity contribution is 9.10. The quantitative estimate of drug-likeness (QED) is 0.767. The summed E-state index contributed by atoms with van der Waals surface area (Å²) in [7, 11) is 0. The monoisotopic (exact) mass is 280 g/mol. The zero-order valence-electron chi connectivity index (χ0n) is 8.66. The summed E-state index contributed by atoms with van der Waals surface area (Å²) in [5.41, 5.74) is 2.80. The van der Waals surface area contributed by atoms with Crippen molar-refractivity contribution in [1.82, 2.24) is 0 Å². The predicted octanol–water partition coefficient (Wildman–Crippen LogP) is 4.66. The molecule has 0 saturated carbocycles. The third-order valence-corrected chi connectivity index (χ3v) is 4.74. The van der Waals surface area contributed by atoms with Crippen molar-refractivity contribution in [3.8, 4) is 0 Å². The predicted molar refractivity (Wildman–Crippen MR) is 70.6 cm³/mol. The van der Waals surface area contributed by atoms with E-state index in [9.17, 15) is 0 Å². The van der Waals surface area contributed by atoms with E-state index >= 15 is 0 Å². The zero-order chi connectivity index (χ0) is 10.7. The van der Waals surface area contributed by atoms with E-state index in [0.29, 0.717) is 0 Å². The molecule has 1 heterocycles. The summed E-state index contributed by atoms with van der Waals surface area (Å²) in [4.78, 5) is 1.43. The second kappa shape index (κ2) is 4.95. The number of benzene rings is 1. The number of aryl methyl sites for hydroxylation is 1. The fourth-order valence-electron chi connectivity index (χ4n) is 1.56. The van der Waals surface area contributed by atoms with Gasteiger partial charge in [0, 0.05) is 15.8 Å². The normalized spacial score (nSPS) is 10.5. The average molecular weight is 281 g/mol. The first-order valence-electron chi connectivity index (χ1n) is 5.10. The summed E-state index contributed by atoms with van der Waals surface area (Å²) in [6, 6.07) is 10.6. The molecule has 15 heavy (non-hydrogen) atoms. The molecular formula is C13H13BrS. The van der Waals surface area contributed by atoms with E-state index in [1.165, 1.54) is 20.5 Å². The van der Waals surface area contributed by atoms with Crippen molar-refractivity contribution in [1.29, 1.82) is 0 Å². The van der Waals surface area contributed by atoms with Crippen LogP contribution in [0, 0.1) is 0 Å². The van der Waals surface area contributed by atoms with E-state index in [1.807, 2.05) is 11.3 Å². The maximum absolute atomic E-state index is 3.68. The van der Waals surface area contributed by atoms with Crippen molar-refractivity contribution in [3.05, 3.63) is 56.2 Å².